The number of rotatable bonds is 2. The van der Waals surface area contributed by atoms with Crippen LogP contribution in [0.25, 0.3) is 0 Å². The number of aromatic nitrogens is 2. The number of nitrogens with zero attached hydrogens (tertiary/aromatic N) is 3. The number of anilines is 2. The van der Waals surface area contributed by atoms with Gasteiger partial charge in [0.05, 0.1) is 0 Å². The standard InChI is InChI=1S/C16H19ClN4/c1-10(2)12-5-3-4-11-8-21(7-6-13(11)12)16-14(17)15(18)19-9-20-16/h3-5,9-10H,6-8H2,1-2H3,(H2,18,19,20). The lowest BCUT2D eigenvalue weighted by Gasteiger charge is -2.32. The van der Waals surface area contributed by atoms with Crippen LogP contribution in [0, 0.1) is 0 Å². The molecule has 0 fully saturated rings. The lowest BCUT2D eigenvalue weighted by Crippen LogP contribution is -2.32. The zero-order chi connectivity index (χ0) is 15.0. The van der Waals surface area contributed by atoms with Gasteiger partial charge in [0, 0.05) is 13.1 Å². The largest absolute Gasteiger partial charge is 0.382 e. The minimum atomic E-state index is 0.336. The van der Waals surface area contributed by atoms with Crippen molar-refractivity contribution >= 4 is 23.2 Å². The van der Waals surface area contributed by atoms with Gasteiger partial charge in [-0.1, -0.05) is 43.6 Å². The van der Waals surface area contributed by atoms with Crippen molar-refractivity contribution in [2.45, 2.75) is 32.7 Å². The summed E-state index contributed by atoms with van der Waals surface area (Å²) in [6, 6.07) is 6.55. The molecule has 1 aliphatic rings. The fourth-order valence-corrected chi connectivity index (χ4v) is 3.17. The quantitative estimate of drug-likeness (QED) is 0.924. The number of fused-ring (bicyclic) bond motifs is 1. The van der Waals surface area contributed by atoms with Crippen molar-refractivity contribution in [3.63, 3.8) is 0 Å². The maximum absolute atomic E-state index is 6.24. The van der Waals surface area contributed by atoms with E-state index in [1.54, 1.807) is 0 Å². The van der Waals surface area contributed by atoms with E-state index < -0.39 is 0 Å². The molecule has 0 spiro atoms. The second kappa shape index (κ2) is 5.53. The Morgan fingerprint density at radius 2 is 2.10 bits per heavy atom. The first kappa shape index (κ1) is 14.1. The van der Waals surface area contributed by atoms with Gasteiger partial charge in [0.2, 0.25) is 0 Å². The number of nitrogen functional groups attached to an aromatic ring is 1. The monoisotopic (exact) mass is 302 g/mol. The lowest BCUT2D eigenvalue weighted by molar-refractivity contribution is 0.702. The molecule has 2 heterocycles. The van der Waals surface area contributed by atoms with Gasteiger partial charge in [0.25, 0.3) is 0 Å². The van der Waals surface area contributed by atoms with Crippen LogP contribution in [-0.4, -0.2) is 16.5 Å². The SMILES string of the molecule is CC(C)c1cccc2c1CCN(c1ncnc(N)c1Cl)C2. The van der Waals surface area contributed by atoms with E-state index in [0.29, 0.717) is 16.8 Å². The van der Waals surface area contributed by atoms with E-state index in [-0.39, 0.29) is 0 Å². The van der Waals surface area contributed by atoms with Gasteiger partial charge < -0.3 is 10.6 Å². The van der Waals surface area contributed by atoms with Gasteiger partial charge in [-0.05, 0) is 29.0 Å². The first-order valence-electron chi connectivity index (χ1n) is 7.19. The second-order valence-electron chi connectivity index (χ2n) is 5.71. The Bertz CT molecular complexity index is 669. The highest BCUT2D eigenvalue weighted by molar-refractivity contribution is 6.35. The van der Waals surface area contributed by atoms with Crippen molar-refractivity contribution in [2.24, 2.45) is 0 Å². The van der Waals surface area contributed by atoms with Crippen LogP contribution in [0.15, 0.2) is 24.5 Å². The highest BCUT2D eigenvalue weighted by Crippen LogP contribution is 2.33. The Hall–Kier alpha value is -1.81. The molecule has 1 aliphatic heterocycles. The van der Waals surface area contributed by atoms with E-state index in [4.69, 9.17) is 17.3 Å². The highest BCUT2D eigenvalue weighted by Gasteiger charge is 2.22. The summed E-state index contributed by atoms with van der Waals surface area (Å²) in [5.41, 5.74) is 10.0. The van der Waals surface area contributed by atoms with E-state index in [0.717, 1.165) is 25.3 Å². The molecule has 2 aromatic rings. The molecular formula is C16H19ClN4. The maximum Gasteiger partial charge on any atom is 0.153 e. The third-order valence-corrected chi connectivity index (χ3v) is 4.38. The smallest absolute Gasteiger partial charge is 0.153 e. The zero-order valence-electron chi connectivity index (χ0n) is 12.3. The zero-order valence-corrected chi connectivity index (χ0v) is 13.1. The Morgan fingerprint density at radius 3 is 2.86 bits per heavy atom. The minimum Gasteiger partial charge on any atom is -0.382 e. The van der Waals surface area contributed by atoms with Gasteiger partial charge in [-0.3, -0.25) is 0 Å². The fourth-order valence-electron chi connectivity index (χ4n) is 2.95. The van der Waals surface area contributed by atoms with E-state index in [1.807, 2.05) is 0 Å². The van der Waals surface area contributed by atoms with Crippen molar-refractivity contribution < 1.29 is 0 Å². The number of benzene rings is 1. The molecule has 0 radical (unpaired) electrons. The van der Waals surface area contributed by atoms with Crippen molar-refractivity contribution in [3.8, 4) is 0 Å². The van der Waals surface area contributed by atoms with Crippen LogP contribution >= 0.6 is 11.6 Å². The molecule has 0 atom stereocenters. The predicted octanol–water partition coefficient (Wildman–Crippen LogP) is 3.40. The van der Waals surface area contributed by atoms with Gasteiger partial charge in [-0.15, -0.1) is 0 Å². The van der Waals surface area contributed by atoms with Crippen LogP contribution in [0.1, 0.15) is 36.5 Å². The molecular weight excluding hydrogens is 284 g/mol. The van der Waals surface area contributed by atoms with Gasteiger partial charge in [-0.25, -0.2) is 9.97 Å². The molecule has 0 aliphatic carbocycles. The normalized spacial score (nSPS) is 14.4. The third kappa shape index (κ3) is 2.56. The van der Waals surface area contributed by atoms with E-state index in [2.05, 4.69) is 46.9 Å². The van der Waals surface area contributed by atoms with Gasteiger partial charge >= 0.3 is 0 Å². The molecule has 21 heavy (non-hydrogen) atoms. The molecule has 0 saturated carbocycles. The molecule has 4 nitrogen and oxygen atoms in total. The molecule has 0 amide bonds. The Balaban J connectivity index is 1.95. The van der Waals surface area contributed by atoms with Crippen molar-refractivity contribution in [3.05, 3.63) is 46.2 Å². The number of nitrogens with two attached hydrogens (primary N) is 1. The Labute approximate surface area is 130 Å². The van der Waals surface area contributed by atoms with Crippen LogP contribution in [-0.2, 0) is 13.0 Å². The van der Waals surface area contributed by atoms with Crippen LogP contribution in [0.3, 0.4) is 0 Å². The molecule has 1 aromatic heterocycles. The van der Waals surface area contributed by atoms with Crippen molar-refractivity contribution in [2.75, 3.05) is 17.2 Å². The molecule has 1 aromatic carbocycles. The Morgan fingerprint density at radius 1 is 1.29 bits per heavy atom. The number of hydrogen-bond donors (Lipinski definition) is 1. The Kier molecular flexibility index (Phi) is 3.72. The fraction of sp³-hybridized carbons (Fsp3) is 0.375. The molecule has 5 heteroatoms. The summed E-state index contributed by atoms with van der Waals surface area (Å²) in [4.78, 5) is 10.4. The van der Waals surface area contributed by atoms with E-state index in [1.165, 1.54) is 23.0 Å². The lowest BCUT2D eigenvalue weighted by atomic mass is 9.89. The first-order chi connectivity index (χ1) is 10.1. The average Bonchev–Trinajstić information content (AvgIpc) is 2.48. The first-order valence-corrected chi connectivity index (χ1v) is 7.57. The molecule has 2 N–H and O–H groups in total. The molecule has 0 saturated heterocycles. The van der Waals surface area contributed by atoms with Gasteiger partial charge in [-0.2, -0.15) is 0 Å². The van der Waals surface area contributed by atoms with Crippen LogP contribution in [0.5, 0.6) is 0 Å². The van der Waals surface area contributed by atoms with Crippen LogP contribution in [0.4, 0.5) is 11.6 Å². The third-order valence-electron chi connectivity index (χ3n) is 4.02. The minimum absolute atomic E-state index is 0.336. The van der Waals surface area contributed by atoms with Crippen LogP contribution < -0.4 is 10.6 Å². The van der Waals surface area contributed by atoms with Crippen molar-refractivity contribution in [1.82, 2.24) is 9.97 Å². The summed E-state index contributed by atoms with van der Waals surface area (Å²) in [7, 11) is 0. The maximum atomic E-state index is 6.24. The molecule has 0 unspecified atom stereocenters. The predicted molar refractivity (Wildman–Crippen MR) is 86.7 cm³/mol. The number of hydrogen-bond acceptors (Lipinski definition) is 4. The molecule has 3 rings (SSSR count). The van der Waals surface area contributed by atoms with Crippen LogP contribution in [0.2, 0.25) is 5.02 Å². The molecule has 0 bridgehead atoms. The topological polar surface area (TPSA) is 55.0 Å². The summed E-state index contributed by atoms with van der Waals surface area (Å²) in [5, 5.41) is 0.445. The summed E-state index contributed by atoms with van der Waals surface area (Å²) >= 11 is 6.24. The van der Waals surface area contributed by atoms with Gasteiger partial charge in [0.15, 0.2) is 5.82 Å². The summed E-state index contributed by atoms with van der Waals surface area (Å²) in [6.45, 7) is 6.19. The summed E-state index contributed by atoms with van der Waals surface area (Å²) in [6.07, 6.45) is 2.47. The number of halogens is 1. The highest BCUT2D eigenvalue weighted by atomic mass is 35.5. The summed E-state index contributed by atoms with van der Waals surface area (Å²) in [5.74, 6) is 1.61. The second-order valence-corrected chi connectivity index (χ2v) is 6.09. The van der Waals surface area contributed by atoms with Gasteiger partial charge in [0.1, 0.15) is 17.2 Å². The molecule has 110 valence electrons. The van der Waals surface area contributed by atoms with Crippen molar-refractivity contribution in [1.29, 1.82) is 0 Å². The average molecular weight is 303 g/mol. The summed E-state index contributed by atoms with van der Waals surface area (Å²) < 4.78 is 0. The van der Waals surface area contributed by atoms with E-state index in [9.17, 15) is 0 Å². The van der Waals surface area contributed by atoms with E-state index >= 15 is 0 Å².